The fraction of sp³-hybridized carbons (Fsp3) is 0.632. The van der Waals surface area contributed by atoms with Gasteiger partial charge in [0.2, 0.25) is 0 Å². The number of carboxylic acids is 1. The Kier molecular flexibility index (Phi) is 5.28. The van der Waals surface area contributed by atoms with Crippen LogP contribution in [-0.4, -0.2) is 17.6 Å². The normalized spacial score (nSPS) is 26.8. The third-order valence-electron chi connectivity index (χ3n) is 5.32. The van der Waals surface area contributed by atoms with Gasteiger partial charge in [0.25, 0.3) is 0 Å². The van der Waals surface area contributed by atoms with Crippen LogP contribution in [0.3, 0.4) is 0 Å². The molecule has 0 heterocycles. The lowest BCUT2D eigenvalue weighted by Gasteiger charge is -2.32. The number of aliphatic carboxylic acids is 1. The van der Waals surface area contributed by atoms with E-state index in [0.717, 1.165) is 19.3 Å². The van der Waals surface area contributed by atoms with Crippen molar-refractivity contribution < 1.29 is 9.90 Å². The Labute approximate surface area is 133 Å². The van der Waals surface area contributed by atoms with Gasteiger partial charge in [-0.1, -0.05) is 51.1 Å². The third-order valence-corrected chi connectivity index (χ3v) is 5.32. The van der Waals surface area contributed by atoms with Crippen LogP contribution in [0.1, 0.15) is 39.2 Å². The third kappa shape index (κ3) is 3.89. The van der Waals surface area contributed by atoms with E-state index in [9.17, 15) is 9.90 Å². The molecule has 3 heteroatoms. The molecular formula is C19H29NO2. The average molecular weight is 303 g/mol. The van der Waals surface area contributed by atoms with Crippen molar-refractivity contribution in [2.24, 2.45) is 34.8 Å². The summed E-state index contributed by atoms with van der Waals surface area (Å²) in [5, 5.41) is 9.42. The number of hydrogen-bond acceptors (Lipinski definition) is 2. The summed E-state index contributed by atoms with van der Waals surface area (Å²) >= 11 is 0. The van der Waals surface area contributed by atoms with Crippen molar-refractivity contribution in [3.05, 3.63) is 35.9 Å². The highest BCUT2D eigenvalue weighted by molar-refractivity contribution is 5.70. The second-order valence-electron chi connectivity index (χ2n) is 7.83. The zero-order valence-electron chi connectivity index (χ0n) is 14.0. The Bertz CT molecular complexity index is 492. The van der Waals surface area contributed by atoms with Crippen LogP contribution in [0, 0.1) is 29.1 Å². The van der Waals surface area contributed by atoms with E-state index in [2.05, 4.69) is 45.0 Å². The molecule has 1 aliphatic carbocycles. The lowest BCUT2D eigenvalue weighted by Crippen LogP contribution is -2.30. The second-order valence-corrected chi connectivity index (χ2v) is 7.83. The Hall–Kier alpha value is -1.35. The Morgan fingerprint density at radius 1 is 1.27 bits per heavy atom. The number of carboxylic acid groups (broad SMARTS) is 1. The van der Waals surface area contributed by atoms with Crippen LogP contribution < -0.4 is 5.73 Å². The van der Waals surface area contributed by atoms with Gasteiger partial charge >= 0.3 is 5.97 Å². The Morgan fingerprint density at radius 2 is 1.91 bits per heavy atom. The zero-order valence-corrected chi connectivity index (χ0v) is 14.0. The number of benzene rings is 1. The van der Waals surface area contributed by atoms with Crippen LogP contribution in [0.5, 0.6) is 0 Å². The lowest BCUT2D eigenvalue weighted by atomic mass is 9.73. The maximum absolute atomic E-state index is 11.5. The largest absolute Gasteiger partial charge is 0.481 e. The summed E-state index contributed by atoms with van der Waals surface area (Å²) in [5.74, 6) is 0.165. The summed E-state index contributed by atoms with van der Waals surface area (Å²) in [6, 6.07) is 10.5. The minimum absolute atomic E-state index is 0.200. The molecule has 4 unspecified atom stereocenters. The van der Waals surface area contributed by atoms with Crippen molar-refractivity contribution >= 4 is 5.97 Å². The van der Waals surface area contributed by atoms with Crippen molar-refractivity contribution in [1.29, 1.82) is 0 Å². The first kappa shape index (κ1) is 17.0. The van der Waals surface area contributed by atoms with Gasteiger partial charge in [-0.25, -0.2) is 0 Å². The van der Waals surface area contributed by atoms with E-state index in [1.807, 2.05) is 6.07 Å². The molecule has 4 atom stereocenters. The molecule has 1 aromatic carbocycles. The fourth-order valence-electron chi connectivity index (χ4n) is 4.19. The lowest BCUT2D eigenvalue weighted by molar-refractivity contribution is -0.143. The van der Waals surface area contributed by atoms with Crippen LogP contribution in [0.25, 0.3) is 0 Å². The molecule has 3 nitrogen and oxygen atoms in total. The maximum atomic E-state index is 11.5. The molecular weight excluding hydrogens is 274 g/mol. The molecule has 1 aliphatic rings. The molecule has 1 saturated carbocycles. The van der Waals surface area contributed by atoms with E-state index >= 15 is 0 Å². The minimum Gasteiger partial charge on any atom is -0.481 e. The molecule has 0 bridgehead atoms. The molecule has 0 radical (unpaired) electrons. The van der Waals surface area contributed by atoms with Gasteiger partial charge < -0.3 is 10.8 Å². The van der Waals surface area contributed by atoms with Crippen molar-refractivity contribution in [2.45, 2.75) is 40.0 Å². The van der Waals surface area contributed by atoms with Crippen molar-refractivity contribution in [2.75, 3.05) is 6.54 Å². The number of rotatable bonds is 5. The topological polar surface area (TPSA) is 63.3 Å². The van der Waals surface area contributed by atoms with Crippen LogP contribution in [0.4, 0.5) is 0 Å². The predicted molar refractivity (Wildman–Crippen MR) is 89.5 cm³/mol. The van der Waals surface area contributed by atoms with Crippen LogP contribution in [-0.2, 0) is 11.2 Å². The summed E-state index contributed by atoms with van der Waals surface area (Å²) in [7, 11) is 0. The highest BCUT2D eigenvalue weighted by Crippen LogP contribution is 2.49. The summed E-state index contributed by atoms with van der Waals surface area (Å²) in [6.45, 7) is 7.07. The second kappa shape index (κ2) is 6.82. The van der Waals surface area contributed by atoms with Crippen LogP contribution >= 0.6 is 0 Å². The summed E-state index contributed by atoms with van der Waals surface area (Å²) in [4.78, 5) is 11.5. The first-order chi connectivity index (χ1) is 10.3. The van der Waals surface area contributed by atoms with Crippen molar-refractivity contribution in [3.63, 3.8) is 0 Å². The molecule has 0 saturated heterocycles. The van der Waals surface area contributed by atoms with Gasteiger partial charge in [-0.2, -0.15) is 0 Å². The van der Waals surface area contributed by atoms with E-state index in [0.29, 0.717) is 11.8 Å². The number of nitrogens with two attached hydrogens (primary N) is 1. The van der Waals surface area contributed by atoms with Gasteiger partial charge in [-0.3, -0.25) is 4.79 Å². The molecule has 0 aliphatic heterocycles. The predicted octanol–water partition coefficient (Wildman–Crippen LogP) is 3.58. The molecule has 122 valence electrons. The molecule has 22 heavy (non-hydrogen) atoms. The Balaban J connectivity index is 2.17. The van der Waals surface area contributed by atoms with Crippen LogP contribution in [0.15, 0.2) is 30.3 Å². The van der Waals surface area contributed by atoms with E-state index < -0.39 is 11.9 Å². The monoisotopic (exact) mass is 303 g/mol. The minimum atomic E-state index is -0.736. The van der Waals surface area contributed by atoms with Crippen molar-refractivity contribution in [1.82, 2.24) is 0 Å². The molecule has 0 aromatic heterocycles. The maximum Gasteiger partial charge on any atom is 0.308 e. The fourth-order valence-corrected chi connectivity index (χ4v) is 4.19. The van der Waals surface area contributed by atoms with Crippen molar-refractivity contribution in [3.8, 4) is 0 Å². The average Bonchev–Trinajstić information content (AvgIpc) is 2.84. The summed E-state index contributed by atoms with van der Waals surface area (Å²) in [6.07, 6.45) is 3.00. The van der Waals surface area contributed by atoms with Gasteiger partial charge in [-0.05, 0) is 48.0 Å². The quantitative estimate of drug-likeness (QED) is 0.874. The highest BCUT2D eigenvalue weighted by atomic mass is 16.4. The first-order valence-electron chi connectivity index (χ1n) is 8.29. The van der Waals surface area contributed by atoms with E-state index in [-0.39, 0.29) is 17.9 Å². The molecule has 0 amide bonds. The molecule has 0 spiro atoms. The van der Waals surface area contributed by atoms with Gasteiger partial charge in [-0.15, -0.1) is 0 Å². The zero-order chi connectivity index (χ0) is 16.3. The van der Waals surface area contributed by atoms with Gasteiger partial charge in [0, 0.05) is 6.54 Å². The smallest absolute Gasteiger partial charge is 0.308 e. The molecule has 1 fully saturated rings. The molecule has 1 aromatic rings. The van der Waals surface area contributed by atoms with Gasteiger partial charge in [0.1, 0.15) is 0 Å². The van der Waals surface area contributed by atoms with Gasteiger partial charge in [0.15, 0.2) is 0 Å². The standard InChI is InChI=1S/C19H29NO2/c1-19(2,3)17-11-14(16(12-20)18(21)22)10-15(17)9-13-7-5-4-6-8-13/h4-8,14-17H,9-12,20H2,1-3H3,(H,21,22). The SMILES string of the molecule is CC(C)(C)C1CC(C(CN)C(=O)O)CC1Cc1ccccc1. The number of carbonyl (C=O) groups is 1. The van der Waals surface area contributed by atoms with E-state index in [1.165, 1.54) is 5.56 Å². The van der Waals surface area contributed by atoms with Gasteiger partial charge in [0.05, 0.1) is 5.92 Å². The van der Waals surface area contributed by atoms with E-state index in [1.54, 1.807) is 0 Å². The summed E-state index contributed by atoms with van der Waals surface area (Å²) < 4.78 is 0. The number of hydrogen-bond donors (Lipinski definition) is 2. The molecule has 3 N–H and O–H groups in total. The Morgan fingerprint density at radius 3 is 2.41 bits per heavy atom. The highest BCUT2D eigenvalue weighted by Gasteiger charge is 2.44. The van der Waals surface area contributed by atoms with Crippen LogP contribution in [0.2, 0.25) is 0 Å². The first-order valence-corrected chi connectivity index (χ1v) is 8.29. The summed E-state index contributed by atoms with van der Waals surface area (Å²) in [5.41, 5.74) is 7.27. The molecule has 2 rings (SSSR count). The van der Waals surface area contributed by atoms with E-state index in [4.69, 9.17) is 5.73 Å².